The summed E-state index contributed by atoms with van der Waals surface area (Å²) in [5.41, 5.74) is 0.568. The van der Waals surface area contributed by atoms with Gasteiger partial charge in [0.2, 0.25) is 0 Å². The molecule has 2 aliphatic carbocycles. The minimum Gasteiger partial charge on any atom is -0.481 e. The Hall–Kier alpha value is -2.10. The van der Waals surface area contributed by atoms with Gasteiger partial charge in [-0.05, 0) is 30.4 Å². The number of rotatable bonds is 3. The zero-order valence-electron chi connectivity index (χ0n) is 10.3. The standard InChI is InChI=1S/C15H15NO3/c17-14(9-4-2-1-3-5-9)16-13-11-7-6-10(8-11)12(13)15(18)19/h1-7,10-13H,8H2,(H,16,17)(H,18,19). The first-order valence-corrected chi connectivity index (χ1v) is 6.44. The van der Waals surface area contributed by atoms with Crippen LogP contribution in [0.4, 0.5) is 0 Å². The summed E-state index contributed by atoms with van der Waals surface area (Å²) in [5, 5.41) is 12.2. The molecule has 2 bridgehead atoms. The zero-order valence-corrected chi connectivity index (χ0v) is 10.3. The molecule has 1 fully saturated rings. The van der Waals surface area contributed by atoms with E-state index in [1.807, 2.05) is 18.2 Å². The molecule has 4 atom stereocenters. The molecular weight excluding hydrogens is 242 g/mol. The highest BCUT2D eigenvalue weighted by Gasteiger charge is 2.48. The van der Waals surface area contributed by atoms with Crippen LogP contribution in [0.15, 0.2) is 42.5 Å². The highest BCUT2D eigenvalue weighted by Crippen LogP contribution is 2.43. The van der Waals surface area contributed by atoms with Gasteiger partial charge in [0.05, 0.1) is 5.92 Å². The fourth-order valence-corrected chi connectivity index (χ4v) is 3.18. The highest BCUT2D eigenvalue weighted by atomic mass is 16.4. The van der Waals surface area contributed by atoms with Gasteiger partial charge >= 0.3 is 5.97 Å². The third-order valence-corrected chi connectivity index (χ3v) is 4.08. The smallest absolute Gasteiger partial charge is 0.309 e. The van der Waals surface area contributed by atoms with Gasteiger partial charge in [-0.1, -0.05) is 30.4 Å². The first-order chi connectivity index (χ1) is 9.16. The number of hydrogen-bond donors (Lipinski definition) is 2. The minimum absolute atomic E-state index is 0.0589. The Morgan fingerprint density at radius 3 is 2.47 bits per heavy atom. The molecule has 19 heavy (non-hydrogen) atoms. The average Bonchev–Trinajstić information content (AvgIpc) is 3.00. The lowest BCUT2D eigenvalue weighted by atomic mass is 9.89. The third-order valence-electron chi connectivity index (χ3n) is 4.08. The van der Waals surface area contributed by atoms with E-state index in [2.05, 4.69) is 5.32 Å². The minimum atomic E-state index is -0.824. The molecule has 1 aromatic rings. The third kappa shape index (κ3) is 2.03. The zero-order chi connectivity index (χ0) is 13.4. The Morgan fingerprint density at radius 1 is 1.11 bits per heavy atom. The van der Waals surface area contributed by atoms with Crippen LogP contribution in [0.3, 0.4) is 0 Å². The summed E-state index contributed by atoms with van der Waals surface area (Å²) in [6, 6.07) is 8.61. The molecule has 0 aliphatic heterocycles. The number of benzene rings is 1. The molecule has 0 spiro atoms. The van der Waals surface area contributed by atoms with Crippen molar-refractivity contribution in [2.45, 2.75) is 12.5 Å². The number of allylic oxidation sites excluding steroid dienone is 1. The van der Waals surface area contributed by atoms with Crippen LogP contribution in [-0.4, -0.2) is 23.0 Å². The van der Waals surface area contributed by atoms with Crippen molar-refractivity contribution in [3.05, 3.63) is 48.0 Å². The molecule has 1 amide bonds. The Bertz CT molecular complexity index is 538. The number of amides is 1. The lowest BCUT2D eigenvalue weighted by molar-refractivity contribution is -0.143. The lowest BCUT2D eigenvalue weighted by Gasteiger charge is -2.25. The largest absolute Gasteiger partial charge is 0.481 e. The highest BCUT2D eigenvalue weighted by molar-refractivity contribution is 5.94. The molecule has 98 valence electrons. The quantitative estimate of drug-likeness (QED) is 0.810. The summed E-state index contributed by atoms with van der Waals surface area (Å²) in [4.78, 5) is 23.5. The number of hydrogen-bond acceptors (Lipinski definition) is 2. The SMILES string of the molecule is O=C(NC1C2C=CC(C2)C1C(=O)O)c1ccccc1. The van der Waals surface area contributed by atoms with Crippen molar-refractivity contribution in [3.63, 3.8) is 0 Å². The summed E-state index contributed by atoms with van der Waals surface area (Å²) < 4.78 is 0. The molecular formula is C15H15NO3. The van der Waals surface area contributed by atoms with Gasteiger partial charge < -0.3 is 10.4 Å². The number of aliphatic carboxylic acids is 1. The van der Waals surface area contributed by atoms with E-state index in [-0.39, 0.29) is 23.8 Å². The van der Waals surface area contributed by atoms with Crippen LogP contribution in [0, 0.1) is 17.8 Å². The Labute approximate surface area is 111 Å². The monoisotopic (exact) mass is 257 g/mol. The lowest BCUT2D eigenvalue weighted by Crippen LogP contribution is -2.45. The van der Waals surface area contributed by atoms with Crippen molar-refractivity contribution in [1.82, 2.24) is 5.32 Å². The van der Waals surface area contributed by atoms with Crippen LogP contribution in [0.25, 0.3) is 0 Å². The molecule has 0 radical (unpaired) electrons. The topological polar surface area (TPSA) is 66.4 Å². The van der Waals surface area contributed by atoms with E-state index in [1.165, 1.54) is 0 Å². The van der Waals surface area contributed by atoms with Crippen molar-refractivity contribution >= 4 is 11.9 Å². The number of nitrogens with one attached hydrogen (secondary N) is 1. The molecule has 1 saturated carbocycles. The maximum Gasteiger partial charge on any atom is 0.309 e. The Balaban J connectivity index is 1.78. The van der Waals surface area contributed by atoms with Crippen LogP contribution in [0.2, 0.25) is 0 Å². The van der Waals surface area contributed by atoms with Gasteiger partial charge in [0, 0.05) is 11.6 Å². The van der Waals surface area contributed by atoms with Crippen molar-refractivity contribution < 1.29 is 14.7 Å². The van der Waals surface area contributed by atoms with Crippen molar-refractivity contribution in [1.29, 1.82) is 0 Å². The van der Waals surface area contributed by atoms with Crippen molar-refractivity contribution in [2.24, 2.45) is 17.8 Å². The average molecular weight is 257 g/mol. The second-order valence-electron chi connectivity index (χ2n) is 5.18. The molecule has 0 saturated heterocycles. The molecule has 3 rings (SSSR count). The van der Waals surface area contributed by atoms with Crippen LogP contribution in [-0.2, 0) is 4.79 Å². The van der Waals surface area contributed by atoms with E-state index >= 15 is 0 Å². The van der Waals surface area contributed by atoms with Gasteiger partial charge in [0.15, 0.2) is 0 Å². The first-order valence-electron chi connectivity index (χ1n) is 6.44. The second-order valence-corrected chi connectivity index (χ2v) is 5.18. The fourth-order valence-electron chi connectivity index (χ4n) is 3.18. The number of carbonyl (C=O) groups is 2. The molecule has 2 N–H and O–H groups in total. The Morgan fingerprint density at radius 2 is 1.79 bits per heavy atom. The molecule has 4 nitrogen and oxygen atoms in total. The maximum atomic E-state index is 12.1. The Kier molecular flexibility index (Phi) is 2.85. The van der Waals surface area contributed by atoms with E-state index in [0.717, 1.165) is 6.42 Å². The number of fused-ring (bicyclic) bond motifs is 2. The van der Waals surface area contributed by atoms with Gasteiger partial charge in [-0.3, -0.25) is 9.59 Å². The van der Waals surface area contributed by atoms with Gasteiger partial charge in [-0.15, -0.1) is 0 Å². The normalized spacial score (nSPS) is 31.4. The van der Waals surface area contributed by atoms with Crippen molar-refractivity contribution in [2.75, 3.05) is 0 Å². The first kappa shape index (κ1) is 12.0. The molecule has 4 unspecified atom stereocenters. The summed E-state index contributed by atoms with van der Waals surface area (Å²) in [5.74, 6) is -1.31. The van der Waals surface area contributed by atoms with Gasteiger partial charge in [0.1, 0.15) is 0 Å². The molecule has 0 heterocycles. The summed E-state index contributed by atoms with van der Waals surface area (Å²) >= 11 is 0. The summed E-state index contributed by atoms with van der Waals surface area (Å²) in [6.45, 7) is 0. The molecule has 0 aromatic heterocycles. The van der Waals surface area contributed by atoms with E-state index in [9.17, 15) is 14.7 Å². The van der Waals surface area contributed by atoms with E-state index in [1.54, 1.807) is 24.3 Å². The molecule has 2 aliphatic rings. The van der Waals surface area contributed by atoms with Gasteiger partial charge in [-0.2, -0.15) is 0 Å². The molecule has 1 aromatic carbocycles. The van der Waals surface area contributed by atoms with Crippen LogP contribution >= 0.6 is 0 Å². The number of carboxylic acids is 1. The van der Waals surface area contributed by atoms with Crippen molar-refractivity contribution in [3.8, 4) is 0 Å². The predicted molar refractivity (Wildman–Crippen MR) is 69.6 cm³/mol. The van der Waals surface area contributed by atoms with E-state index in [0.29, 0.717) is 5.56 Å². The predicted octanol–water partition coefficient (Wildman–Crippen LogP) is 1.69. The fraction of sp³-hybridized carbons (Fsp3) is 0.333. The van der Waals surface area contributed by atoms with Gasteiger partial charge in [-0.25, -0.2) is 0 Å². The maximum absolute atomic E-state index is 12.1. The van der Waals surface area contributed by atoms with E-state index in [4.69, 9.17) is 0 Å². The number of carboxylic acid groups (broad SMARTS) is 1. The summed E-state index contributed by atoms with van der Waals surface area (Å²) in [6.07, 6.45) is 4.82. The van der Waals surface area contributed by atoms with Crippen LogP contribution in [0.1, 0.15) is 16.8 Å². The van der Waals surface area contributed by atoms with Crippen LogP contribution < -0.4 is 5.32 Å². The van der Waals surface area contributed by atoms with Gasteiger partial charge in [0.25, 0.3) is 5.91 Å². The van der Waals surface area contributed by atoms with E-state index < -0.39 is 11.9 Å². The van der Waals surface area contributed by atoms with Crippen LogP contribution in [0.5, 0.6) is 0 Å². The summed E-state index contributed by atoms with van der Waals surface area (Å²) in [7, 11) is 0. The molecule has 4 heteroatoms. The second kappa shape index (κ2) is 4.53. The number of carbonyl (C=O) groups excluding carboxylic acids is 1.